The summed E-state index contributed by atoms with van der Waals surface area (Å²) in [5.41, 5.74) is 4.11. The smallest absolute Gasteiger partial charge is 0.244 e. The van der Waals surface area contributed by atoms with Crippen LogP contribution in [-0.2, 0) is 4.79 Å². The summed E-state index contributed by atoms with van der Waals surface area (Å²) in [4.78, 5) is 16.1. The van der Waals surface area contributed by atoms with E-state index in [4.69, 9.17) is 23.2 Å². The van der Waals surface area contributed by atoms with E-state index in [-0.39, 0.29) is 27.6 Å². The summed E-state index contributed by atoms with van der Waals surface area (Å²) in [5.74, 6) is -0.248. The van der Waals surface area contributed by atoms with Crippen molar-refractivity contribution in [1.82, 2.24) is 10.4 Å². The Morgan fingerprint density at radius 1 is 1.38 bits per heavy atom. The molecule has 0 bridgehead atoms. The van der Waals surface area contributed by atoms with E-state index in [1.165, 1.54) is 0 Å². The Labute approximate surface area is 134 Å². The molecule has 1 aromatic heterocycles. The highest BCUT2D eigenvalue weighted by Gasteiger charge is 2.60. The van der Waals surface area contributed by atoms with Gasteiger partial charge in [-0.25, -0.2) is 5.43 Å². The topological polar surface area (TPSA) is 54.4 Å². The van der Waals surface area contributed by atoms with Gasteiger partial charge in [-0.15, -0.1) is 0 Å². The number of nitrogens with zero attached hydrogens (tertiary/aromatic N) is 2. The van der Waals surface area contributed by atoms with Gasteiger partial charge in [-0.2, -0.15) is 5.10 Å². The second-order valence-electron chi connectivity index (χ2n) is 5.69. The molecule has 112 valence electrons. The number of allylic oxidation sites excluding steroid dienone is 1. The van der Waals surface area contributed by atoms with Gasteiger partial charge < -0.3 is 0 Å². The third kappa shape index (κ3) is 3.63. The normalized spacial score (nSPS) is 23.4. The van der Waals surface area contributed by atoms with Crippen molar-refractivity contribution >= 4 is 34.8 Å². The van der Waals surface area contributed by atoms with Crippen LogP contribution >= 0.6 is 23.2 Å². The Kier molecular flexibility index (Phi) is 4.69. The summed E-state index contributed by atoms with van der Waals surface area (Å²) in [6.45, 7) is 5.85. The first kappa shape index (κ1) is 16.0. The molecule has 2 rings (SSSR count). The van der Waals surface area contributed by atoms with Crippen LogP contribution < -0.4 is 5.43 Å². The molecule has 1 aliphatic rings. The van der Waals surface area contributed by atoms with E-state index in [1.807, 2.05) is 32.9 Å². The monoisotopic (exact) mass is 325 g/mol. The maximum absolute atomic E-state index is 12.2. The summed E-state index contributed by atoms with van der Waals surface area (Å²) in [7, 11) is 0. The van der Waals surface area contributed by atoms with E-state index >= 15 is 0 Å². The minimum Gasteiger partial charge on any atom is -0.273 e. The Morgan fingerprint density at radius 3 is 2.57 bits per heavy atom. The molecule has 1 amide bonds. The van der Waals surface area contributed by atoms with Crippen LogP contribution in [0.1, 0.15) is 26.3 Å². The average molecular weight is 326 g/mol. The fraction of sp³-hybridized carbons (Fsp3) is 0.400. The third-order valence-corrected chi connectivity index (χ3v) is 4.18. The lowest BCUT2D eigenvalue weighted by Gasteiger charge is -2.03. The summed E-state index contributed by atoms with van der Waals surface area (Å²) in [5, 5.41) is 4.14. The quantitative estimate of drug-likeness (QED) is 0.680. The maximum Gasteiger partial charge on any atom is 0.244 e. The van der Waals surface area contributed by atoms with E-state index in [0.717, 1.165) is 11.3 Å². The van der Waals surface area contributed by atoms with Gasteiger partial charge in [0.1, 0.15) is 4.49 Å². The van der Waals surface area contributed by atoms with Crippen LogP contribution in [0.5, 0.6) is 0 Å². The van der Waals surface area contributed by atoms with Gasteiger partial charge in [-0.1, -0.05) is 37.0 Å². The molecule has 2 atom stereocenters. The molecule has 21 heavy (non-hydrogen) atoms. The molecular formula is C15H17Cl2N3O. The van der Waals surface area contributed by atoms with Crippen LogP contribution in [0.4, 0.5) is 0 Å². The number of amides is 1. The van der Waals surface area contributed by atoms with Crippen molar-refractivity contribution in [3.8, 4) is 0 Å². The molecule has 0 radical (unpaired) electrons. The Bertz CT molecular complexity index is 592. The van der Waals surface area contributed by atoms with E-state index in [9.17, 15) is 4.79 Å². The molecule has 0 saturated heterocycles. The number of nitrogens with one attached hydrogen (secondary N) is 1. The molecule has 1 aromatic rings. The molecule has 0 aromatic carbocycles. The molecule has 1 saturated carbocycles. The highest BCUT2D eigenvalue weighted by atomic mass is 35.5. The predicted octanol–water partition coefficient (Wildman–Crippen LogP) is 3.51. The average Bonchev–Trinajstić information content (AvgIpc) is 2.97. The van der Waals surface area contributed by atoms with Gasteiger partial charge in [0.15, 0.2) is 0 Å². The fourth-order valence-electron chi connectivity index (χ4n) is 2.49. The fourth-order valence-corrected chi connectivity index (χ4v) is 2.76. The molecule has 0 spiro atoms. The van der Waals surface area contributed by atoms with E-state index < -0.39 is 0 Å². The standard InChI is InChI=1S/C15H17Cl2N3O/c1-9(10-4-6-18-7-5-10)19-20-14(21)13-11(8-12(16)17)15(13,2)3/h4-8,11,13H,1-3H3,(H,20,21)/b19-9-/t11-,13-/m0/s1. The summed E-state index contributed by atoms with van der Waals surface area (Å²) >= 11 is 11.4. The minimum atomic E-state index is -0.168. The third-order valence-electron chi connectivity index (χ3n) is 3.93. The van der Waals surface area contributed by atoms with Gasteiger partial charge in [0.05, 0.1) is 11.6 Å². The van der Waals surface area contributed by atoms with Crippen molar-refractivity contribution in [2.24, 2.45) is 22.4 Å². The Balaban J connectivity index is 2.02. The van der Waals surface area contributed by atoms with Gasteiger partial charge in [0.2, 0.25) is 5.91 Å². The first-order valence-electron chi connectivity index (χ1n) is 6.61. The van der Waals surface area contributed by atoms with E-state index in [1.54, 1.807) is 18.5 Å². The lowest BCUT2D eigenvalue weighted by atomic mass is 10.1. The van der Waals surface area contributed by atoms with E-state index in [0.29, 0.717) is 0 Å². The number of carbonyl (C=O) groups excluding carboxylic acids is 1. The van der Waals surface area contributed by atoms with Crippen LogP contribution in [0.2, 0.25) is 0 Å². The molecule has 0 unspecified atom stereocenters. The van der Waals surface area contributed by atoms with Crippen molar-refractivity contribution in [3.05, 3.63) is 40.7 Å². The first-order chi connectivity index (χ1) is 9.84. The van der Waals surface area contributed by atoms with E-state index in [2.05, 4.69) is 15.5 Å². The van der Waals surface area contributed by atoms with Gasteiger partial charge >= 0.3 is 0 Å². The maximum atomic E-state index is 12.2. The SMILES string of the molecule is C/C(=N/NC(=O)[C@@H]1[C@H](C=C(Cl)Cl)C1(C)C)c1ccncc1. The van der Waals surface area contributed by atoms with Gasteiger partial charge in [0, 0.05) is 18.0 Å². The second-order valence-corrected chi connectivity index (χ2v) is 6.70. The minimum absolute atomic E-state index is 0.0407. The molecule has 6 heteroatoms. The van der Waals surface area contributed by atoms with Crippen LogP contribution in [0.15, 0.2) is 40.2 Å². The second kappa shape index (κ2) is 6.16. The lowest BCUT2D eigenvalue weighted by Crippen LogP contribution is -2.23. The largest absolute Gasteiger partial charge is 0.273 e. The molecular weight excluding hydrogens is 309 g/mol. The lowest BCUT2D eigenvalue weighted by molar-refractivity contribution is -0.123. The van der Waals surface area contributed by atoms with Gasteiger partial charge in [-0.05, 0) is 36.5 Å². The van der Waals surface area contributed by atoms with Crippen LogP contribution in [0.25, 0.3) is 0 Å². The van der Waals surface area contributed by atoms with Crippen LogP contribution in [0, 0.1) is 17.3 Å². The highest BCUT2D eigenvalue weighted by Crippen LogP contribution is 2.59. The number of hydrazone groups is 1. The van der Waals surface area contributed by atoms with Crippen molar-refractivity contribution in [2.45, 2.75) is 20.8 Å². The Hall–Kier alpha value is -1.39. The van der Waals surface area contributed by atoms with Crippen molar-refractivity contribution in [3.63, 3.8) is 0 Å². The zero-order valence-corrected chi connectivity index (χ0v) is 13.6. The van der Waals surface area contributed by atoms with Gasteiger partial charge in [0.25, 0.3) is 0 Å². The number of halogens is 2. The Morgan fingerprint density at radius 2 is 2.00 bits per heavy atom. The van der Waals surface area contributed by atoms with Crippen LogP contribution in [0.3, 0.4) is 0 Å². The van der Waals surface area contributed by atoms with Crippen molar-refractivity contribution < 1.29 is 4.79 Å². The zero-order chi connectivity index (χ0) is 15.6. The molecule has 1 aliphatic carbocycles. The number of pyridine rings is 1. The summed E-state index contributed by atoms with van der Waals surface area (Å²) in [6.07, 6.45) is 5.08. The van der Waals surface area contributed by atoms with Crippen LogP contribution in [-0.4, -0.2) is 16.6 Å². The summed E-state index contributed by atoms with van der Waals surface area (Å²) < 4.78 is 0.194. The molecule has 0 aliphatic heterocycles. The first-order valence-corrected chi connectivity index (χ1v) is 7.37. The number of carbonyl (C=O) groups is 1. The molecule has 4 nitrogen and oxygen atoms in total. The highest BCUT2D eigenvalue weighted by molar-refractivity contribution is 6.55. The molecule has 1 fully saturated rings. The number of aromatic nitrogens is 1. The molecule has 1 heterocycles. The number of rotatable bonds is 4. The molecule has 1 N–H and O–H groups in total. The van der Waals surface area contributed by atoms with Gasteiger partial charge in [-0.3, -0.25) is 9.78 Å². The van der Waals surface area contributed by atoms with Crippen molar-refractivity contribution in [2.75, 3.05) is 0 Å². The van der Waals surface area contributed by atoms with Crippen molar-refractivity contribution in [1.29, 1.82) is 0 Å². The number of hydrogen-bond acceptors (Lipinski definition) is 3. The predicted molar refractivity (Wildman–Crippen MR) is 85.1 cm³/mol. The summed E-state index contributed by atoms with van der Waals surface area (Å²) in [6, 6.07) is 3.68. The zero-order valence-electron chi connectivity index (χ0n) is 12.1. The number of hydrogen-bond donors (Lipinski definition) is 1.